The third-order valence-electron chi connectivity index (χ3n) is 2.59. The molecule has 1 aliphatic rings. The number of primary amides is 1. The Morgan fingerprint density at radius 3 is 3.19 bits per heavy atom. The standard InChI is InChI=1S/C10H16N4O2/c1-13-4-3-10(12-13)16-8-2-5-14(6-8)7-9(11)15/h3-4,8H,2,5-7H2,1H3,(H2,11,15). The predicted molar refractivity (Wildman–Crippen MR) is 57.9 cm³/mol. The summed E-state index contributed by atoms with van der Waals surface area (Å²) in [7, 11) is 1.85. The van der Waals surface area contributed by atoms with Gasteiger partial charge in [0, 0.05) is 32.4 Å². The van der Waals surface area contributed by atoms with E-state index in [2.05, 4.69) is 5.10 Å². The highest BCUT2D eigenvalue weighted by Gasteiger charge is 2.25. The molecule has 1 aromatic rings. The highest BCUT2D eigenvalue weighted by Crippen LogP contribution is 2.15. The number of amides is 1. The molecule has 2 N–H and O–H groups in total. The zero-order valence-electron chi connectivity index (χ0n) is 9.30. The van der Waals surface area contributed by atoms with Crippen LogP contribution in [-0.2, 0) is 11.8 Å². The average Bonchev–Trinajstić information content (AvgIpc) is 2.76. The minimum absolute atomic E-state index is 0.106. The lowest BCUT2D eigenvalue weighted by atomic mass is 10.3. The summed E-state index contributed by atoms with van der Waals surface area (Å²) in [6, 6.07) is 1.83. The molecular formula is C10H16N4O2. The zero-order chi connectivity index (χ0) is 11.5. The quantitative estimate of drug-likeness (QED) is 0.738. The number of likely N-dealkylation sites (tertiary alicyclic amines) is 1. The number of carbonyl (C=O) groups is 1. The first-order chi connectivity index (χ1) is 7.63. The molecule has 16 heavy (non-hydrogen) atoms. The van der Waals surface area contributed by atoms with E-state index in [-0.39, 0.29) is 12.0 Å². The van der Waals surface area contributed by atoms with Gasteiger partial charge in [-0.05, 0) is 6.42 Å². The van der Waals surface area contributed by atoms with Gasteiger partial charge in [-0.2, -0.15) is 0 Å². The van der Waals surface area contributed by atoms with E-state index in [1.165, 1.54) is 0 Å². The summed E-state index contributed by atoms with van der Waals surface area (Å²) in [5.74, 6) is 0.340. The van der Waals surface area contributed by atoms with Crippen LogP contribution >= 0.6 is 0 Å². The fourth-order valence-electron chi connectivity index (χ4n) is 1.88. The van der Waals surface area contributed by atoms with Crippen molar-refractivity contribution in [3.8, 4) is 5.88 Å². The van der Waals surface area contributed by atoms with Gasteiger partial charge in [0.25, 0.3) is 0 Å². The molecule has 1 aromatic heterocycles. The first kappa shape index (κ1) is 10.9. The van der Waals surface area contributed by atoms with E-state index < -0.39 is 0 Å². The molecule has 0 spiro atoms. The lowest BCUT2D eigenvalue weighted by molar-refractivity contribution is -0.118. The van der Waals surface area contributed by atoms with Crippen LogP contribution in [0.2, 0.25) is 0 Å². The Balaban J connectivity index is 1.82. The van der Waals surface area contributed by atoms with Crippen LogP contribution in [0.5, 0.6) is 5.88 Å². The highest BCUT2D eigenvalue weighted by molar-refractivity contribution is 5.75. The number of aromatic nitrogens is 2. The summed E-state index contributed by atoms with van der Waals surface area (Å²) in [4.78, 5) is 12.7. The van der Waals surface area contributed by atoms with E-state index in [1.807, 2.05) is 24.2 Å². The Morgan fingerprint density at radius 1 is 1.75 bits per heavy atom. The summed E-state index contributed by atoms with van der Waals surface area (Å²) in [6.45, 7) is 1.89. The van der Waals surface area contributed by atoms with Crippen molar-refractivity contribution in [1.82, 2.24) is 14.7 Å². The predicted octanol–water partition coefficient (Wildman–Crippen LogP) is -0.641. The molecule has 1 fully saturated rings. The van der Waals surface area contributed by atoms with Gasteiger partial charge in [-0.15, -0.1) is 5.10 Å². The Labute approximate surface area is 94.0 Å². The first-order valence-electron chi connectivity index (χ1n) is 5.30. The van der Waals surface area contributed by atoms with Gasteiger partial charge in [0.05, 0.1) is 6.54 Å². The van der Waals surface area contributed by atoms with Crippen LogP contribution in [0.15, 0.2) is 12.3 Å². The monoisotopic (exact) mass is 224 g/mol. The Bertz CT molecular complexity index is 377. The number of ether oxygens (including phenoxy) is 1. The lowest BCUT2D eigenvalue weighted by Gasteiger charge is -2.13. The molecule has 6 nitrogen and oxygen atoms in total. The van der Waals surface area contributed by atoms with Crippen LogP contribution in [0.4, 0.5) is 0 Å². The van der Waals surface area contributed by atoms with E-state index in [9.17, 15) is 4.79 Å². The third-order valence-corrected chi connectivity index (χ3v) is 2.59. The molecule has 6 heteroatoms. The maximum absolute atomic E-state index is 10.7. The molecule has 2 rings (SSSR count). The topological polar surface area (TPSA) is 73.4 Å². The smallest absolute Gasteiger partial charge is 0.233 e. The molecule has 1 amide bonds. The van der Waals surface area contributed by atoms with Gasteiger partial charge in [-0.25, -0.2) is 0 Å². The van der Waals surface area contributed by atoms with Gasteiger partial charge in [0.2, 0.25) is 11.8 Å². The molecule has 0 bridgehead atoms. The molecular weight excluding hydrogens is 208 g/mol. The van der Waals surface area contributed by atoms with Gasteiger partial charge in [0.15, 0.2) is 0 Å². The van der Waals surface area contributed by atoms with E-state index in [4.69, 9.17) is 10.5 Å². The van der Waals surface area contributed by atoms with Crippen LogP contribution < -0.4 is 10.5 Å². The van der Waals surface area contributed by atoms with Crippen molar-refractivity contribution in [1.29, 1.82) is 0 Å². The maximum Gasteiger partial charge on any atom is 0.233 e. The molecule has 0 saturated carbocycles. The Morgan fingerprint density at radius 2 is 2.56 bits per heavy atom. The third kappa shape index (κ3) is 2.73. The molecule has 1 saturated heterocycles. The largest absolute Gasteiger partial charge is 0.472 e. The van der Waals surface area contributed by atoms with E-state index in [0.717, 1.165) is 19.5 Å². The highest BCUT2D eigenvalue weighted by atomic mass is 16.5. The molecule has 0 radical (unpaired) electrons. The van der Waals surface area contributed by atoms with Crippen LogP contribution in [0, 0.1) is 0 Å². The van der Waals surface area contributed by atoms with Crippen molar-refractivity contribution in [2.24, 2.45) is 12.8 Å². The fourth-order valence-corrected chi connectivity index (χ4v) is 1.88. The SMILES string of the molecule is Cn1ccc(OC2CCN(CC(N)=O)C2)n1. The second-order valence-electron chi connectivity index (χ2n) is 4.06. The molecule has 1 aliphatic heterocycles. The molecule has 1 unspecified atom stereocenters. The second-order valence-corrected chi connectivity index (χ2v) is 4.06. The van der Waals surface area contributed by atoms with E-state index >= 15 is 0 Å². The summed E-state index contributed by atoms with van der Waals surface area (Å²) in [5, 5.41) is 4.14. The van der Waals surface area contributed by atoms with Gasteiger partial charge in [-0.3, -0.25) is 14.4 Å². The number of carbonyl (C=O) groups excluding carboxylic acids is 1. The summed E-state index contributed by atoms with van der Waals surface area (Å²) < 4.78 is 7.38. The molecule has 88 valence electrons. The molecule has 2 heterocycles. The van der Waals surface area contributed by atoms with E-state index in [1.54, 1.807) is 4.68 Å². The number of hydrogen-bond donors (Lipinski definition) is 1. The van der Waals surface area contributed by atoms with Gasteiger partial charge >= 0.3 is 0 Å². The number of nitrogens with zero attached hydrogens (tertiary/aromatic N) is 3. The fraction of sp³-hybridized carbons (Fsp3) is 0.600. The van der Waals surface area contributed by atoms with Gasteiger partial charge in [0.1, 0.15) is 6.10 Å². The number of hydrogen-bond acceptors (Lipinski definition) is 4. The van der Waals surface area contributed by atoms with Crippen LogP contribution in [0.3, 0.4) is 0 Å². The molecule has 0 aliphatic carbocycles. The van der Waals surface area contributed by atoms with Crippen molar-refractivity contribution in [3.05, 3.63) is 12.3 Å². The van der Waals surface area contributed by atoms with Crippen molar-refractivity contribution in [2.45, 2.75) is 12.5 Å². The Hall–Kier alpha value is -1.56. The second kappa shape index (κ2) is 4.52. The summed E-state index contributed by atoms with van der Waals surface area (Å²) in [5.41, 5.74) is 5.14. The van der Waals surface area contributed by atoms with Crippen molar-refractivity contribution < 1.29 is 9.53 Å². The van der Waals surface area contributed by atoms with Crippen molar-refractivity contribution >= 4 is 5.91 Å². The van der Waals surface area contributed by atoms with Crippen LogP contribution in [0.25, 0.3) is 0 Å². The van der Waals surface area contributed by atoms with Gasteiger partial charge < -0.3 is 10.5 Å². The van der Waals surface area contributed by atoms with Crippen LogP contribution in [0.1, 0.15) is 6.42 Å². The van der Waals surface area contributed by atoms with Crippen LogP contribution in [-0.4, -0.2) is 46.3 Å². The average molecular weight is 224 g/mol. The van der Waals surface area contributed by atoms with Gasteiger partial charge in [-0.1, -0.05) is 0 Å². The summed E-state index contributed by atoms with van der Waals surface area (Å²) >= 11 is 0. The van der Waals surface area contributed by atoms with E-state index in [0.29, 0.717) is 12.4 Å². The summed E-state index contributed by atoms with van der Waals surface area (Å²) in [6.07, 6.45) is 2.85. The first-order valence-corrected chi connectivity index (χ1v) is 5.30. The normalized spacial score (nSPS) is 21.2. The Kier molecular flexibility index (Phi) is 3.09. The maximum atomic E-state index is 10.7. The lowest BCUT2D eigenvalue weighted by Crippen LogP contribution is -2.33. The number of rotatable bonds is 4. The minimum Gasteiger partial charge on any atom is -0.472 e. The minimum atomic E-state index is -0.293. The molecule has 0 aromatic carbocycles. The zero-order valence-corrected chi connectivity index (χ0v) is 9.30. The van der Waals surface area contributed by atoms with Crippen molar-refractivity contribution in [3.63, 3.8) is 0 Å². The van der Waals surface area contributed by atoms with Crippen molar-refractivity contribution in [2.75, 3.05) is 19.6 Å². The number of nitrogens with two attached hydrogens (primary N) is 1. The molecule has 1 atom stereocenters. The number of aryl methyl sites for hydroxylation is 1.